The smallest absolute Gasteiger partial charge is 0.151 e. The average molecular weight is 313 g/mol. The molecule has 0 bridgehead atoms. The molecule has 5 heteroatoms. The summed E-state index contributed by atoms with van der Waals surface area (Å²) < 4.78 is 23.4. The first kappa shape index (κ1) is 14.5. The Morgan fingerprint density at radius 3 is 2.85 bits per heavy atom. The van der Waals surface area contributed by atoms with Crippen molar-refractivity contribution >= 4 is 21.2 Å². The van der Waals surface area contributed by atoms with Crippen LogP contribution in [0.1, 0.15) is 54.0 Å². The Morgan fingerprint density at radius 2 is 2.10 bits per heavy atom. The van der Waals surface area contributed by atoms with Gasteiger partial charge in [-0.25, -0.2) is 8.42 Å². The molecular formula is C15H23NO2S2. The van der Waals surface area contributed by atoms with Crippen LogP contribution in [0.3, 0.4) is 0 Å². The van der Waals surface area contributed by atoms with E-state index in [4.69, 9.17) is 0 Å². The average Bonchev–Trinajstić information content (AvgIpc) is 2.81. The Hall–Kier alpha value is -0.390. The first-order chi connectivity index (χ1) is 9.53. The molecule has 3 rings (SSSR count). The van der Waals surface area contributed by atoms with E-state index < -0.39 is 9.84 Å². The fraction of sp³-hybridized carbons (Fsp3) is 0.733. The number of hydrogen-bond donors (Lipinski definition) is 1. The summed E-state index contributed by atoms with van der Waals surface area (Å²) in [5, 5.41) is 3.53. The maximum Gasteiger partial charge on any atom is 0.151 e. The number of hydrogen-bond acceptors (Lipinski definition) is 4. The minimum Gasteiger partial charge on any atom is -0.306 e. The lowest BCUT2D eigenvalue weighted by Crippen LogP contribution is -2.41. The molecule has 2 atom stereocenters. The van der Waals surface area contributed by atoms with Gasteiger partial charge in [-0.15, -0.1) is 11.3 Å². The molecule has 1 aromatic rings. The molecule has 1 aliphatic heterocycles. The summed E-state index contributed by atoms with van der Waals surface area (Å²) in [7, 11) is -2.82. The second kappa shape index (κ2) is 5.78. The van der Waals surface area contributed by atoms with Gasteiger partial charge in [0.15, 0.2) is 9.84 Å². The van der Waals surface area contributed by atoms with Crippen LogP contribution in [0.2, 0.25) is 0 Å². The van der Waals surface area contributed by atoms with E-state index in [0.717, 1.165) is 12.8 Å². The van der Waals surface area contributed by atoms with Crippen molar-refractivity contribution in [3.63, 3.8) is 0 Å². The summed E-state index contributed by atoms with van der Waals surface area (Å²) in [4.78, 5) is 2.93. The minimum absolute atomic E-state index is 0.128. The zero-order valence-corrected chi connectivity index (χ0v) is 13.7. The number of fused-ring (bicyclic) bond motifs is 1. The van der Waals surface area contributed by atoms with Gasteiger partial charge in [-0.3, -0.25) is 0 Å². The van der Waals surface area contributed by atoms with Gasteiger partial charge < -0.3 is 5.32 Å². The predicted octanol–water partition coefficient (Wildman–Crippen LogP) is 2.85. The number of rotatable bonds is 3. The fourth-order valence-corrected chi connectivity index (χ4v) is 6.24. The highest BCUT2D eigenvalue weighted by Gasteiger charge is 2.26. The lowest BCUT2D eigenvalue weighted by Gasteiger charge is -2.26. The predicted molar refractivity (Wildman–Crippen MR) is 84.2 cm³/mol. The van der Waals surface area contributed by atoms with Crippen molar-refractivity contribution in [2.45, 2.75) is 57.5 Å². The molecule has 1 fully saturated rings. The van der Waals surface area contributed by atoms with E-state index in [2.05, 4.69) is 18.3 Å². The maximum absolute atomic E-state index is 11.7. The molecule has 112 valence electrons. The quantitative estimate of drug-likeness (QED) is 0.933. The molecule has 1 saturated heterocycles. The van der Waals surface area contributed by atoms with Crippen molar-refractivity contribution in [3.8, 4) is 0 Å². The molecule has 0 amide bonds. The van der Waals surface area contributed by atoms with E-state index in [1.165, 1.54) is 36.1 Å². The highest BCUT2D eigenvalue weighted by Crippen LogP contribution is 2.33. The summed E-state index contributed by atoms with van der Waals surface area (Å²) in [5.74, 6) is 0.676. The third kappa shape index (κ3) is 3.26. The van der Waals surface area contributed by atoms with E-state index in [9.17, 15) is 8.42 Å². The first-order valence-corrected chi connectivity index (χ1v) is 10.3. The van der Waals surface area contributed by atoms with Gasteiger partial charge >= 0.3 is 0 Å². The molecule has 0 spiro atoms. The molecule has 0 aromatic carbocycles. The molecule has 1 aliphatic carbocycles. The zero-order valence-electron chi connectivity index (χ0n) is 12.0. The molecular weight excluding hydrogens is 290 g/mol. The number of aryl methyl sites for hydroxylation is 2. The van der Waals surface area contributed by atoms with Crippen LogP contribution in [-0.2, 0) is 22.7 Å². The third-order valence-electron chi connectivity index (χ3n) is 4.39. The van der Waals surface area contributed by atoms with Crippen LogP contribution in [-0.4, -0.2) is 26.0 Å². The van der Waals surface area contributed by atoms with Gasteiger partial charge in [-0.05, 0) is 57.1 Å². The summed E-state index contributed by atoms with van der Waals surface area (Å²) in [5.41, 5.74) is 1.53. The van der Waals surface area contributed by atoms with E-state index in [1.54, 1.807) is 4.88 Å². The second-order valence-electron chi connectivity index (χ2n) is 6.15. The monoisotopic (exact) mass is 313 g/mol. The van der Waals surface area contributed by atoms with Crippen LogP contribution < -0.4 is 5.32 Å². The van der Waals surface area contributed by atoms with Gasteiger partial charge in [0.1, 0.15) is 0 Å². The van der Waals surface area contributed by atoms with Crippen LogP contribution >= 0.6 is 11.3 Å². The van der Waals surface area contributed by atoms with Gasteiger partial charge in [-0.1, -0.05) is 0 Å². The summed E-state index contributed by atoms with van der Waals surface area (Å²) >= 11 is 1.92. The maximum atomic E-state index is 11.7. The molecule has 2 heterocycles. The normalized spacial score (nSPS) is 26.9. The number of thiophene rings is 1. The highest BCUT2D eigenvalue weighted by atomic mass is 32.2. The molecule has 1 aromatic heterocycles. The standard InChI is InChI=1S/C15H23NO2S2/c1-11(16-13-6-4-8-20(17,18)10-13)15-9-12-5-2-3-7-14(12)19-15/h9,11,13,16H,2-8,10H2,1H3. The highest BCUT2D eigenvalue weighted by molar-refractivity contribution is 7.91. The van der Waals surface area contributed by atoms with Crippen molar-refractivity contribution in [1.82, 2.24) is 5.32 Å². The Labute approximate surface area is 125 Å². The number of sulfone groups is 1. The van der Waals surface area contributed by atoms with Gasteiger partial charge in [0.05, 0.1) is 11.5 Å². The Morgan fingerprint density at radius 1 is 1.30 bits per heavy atom. The third-order valence-corrected chi connectivity index (χ3v) is 7.63. The van der Waals surface area contributed by atoms with E-state index in [-0.39, 0.29) is 12.1 Å². The van der Waals surface area contributed by atoms with Crippen molar-refractivity contribution in [2.75, 3.05) is 11.5 Å². The lowest BCUT2D eigenvalue weighted by molar-refractivity contribution is 0.440. The van der Waals surface area contributed by atoms with E-state index >= 15 is 0 Å². The van der Waals surface area contributed by atoms with Crippen molar-refractivity contribution < 1.29 is 8.42 Å². The van der Waals surface area contributed by atoms with Crippen LogP contribution in [0, 0.1) is 0 Å². The van der Waals surface area contributed by atoms with E-state index in [0.29, 0.717) is 11.5 Å². The summed E-state index contributed by atoms with van der Waals surface area (Å²) in [6.07, 6.45) is 6.85. The molecule has 1 N–H and O–H groups in total. The lowest BCUT2D eigenvalue weighted by atomic mass is 9.99. The SMILES string of the molecule is CC(NC1CCCS(=O)(=O)C1)c1cc2c(s1)CCCC2. The van der Waals surface area contributed by atoms with Crippen LogP contribution in [0.4, 0.5) is 0 Å². The van der Waals surface area contributed by atoms with Crippen molar-refractivity contribution in [3.05, 3.63) is 21.4 Å². The molecule has 2 unspecified atom stereocenters. The van der Waals surface area contributed by atoms with Crippen LogP contribution in [0.25, 0.3) is 0 Å². The second-order valence-corrected chi connectivity index (χ2v) is 9.54. The first-order valence-electron chi connectivity index (χ1n) is 7.61. The van der Waals surface area contributed by atoms with Gasteiger partial charge in [0.2, 0.25) is 0 Å². The largest absolute Gasteiger partial charge is 0.306 e. The summed E-state index contributed by atoms with van der Waals surface area (Å²) in [6.45, 7) is 2.17. The van der Waals surface area contributed by atoms with E-state index in [1.807, 2.05) is 11.3 Å². The Bertz CT molecular complexity index is 553. The zero-order chi connectivity index (χ0) is 14.2. The molecule has 0 saturated carbocycles. The van der Waals surface area contributed by atoms with Gasteiger partial charge in [0.25, 0.3) is 0 Å². The van der Waals surface area contributed by atoms with Crippen molar-refractivity contribution in [2.24, 2.45) is 0 Å². The number of nitrogens with one attached hydrogen (secondary N) is 1. The molecule has 2 aliphatic rings. The van der Waals surface area contributed by atoms with Gasteiger partial charge in [-0.2, -0.15) is 0 Å². The molecule has 20 heavy (non-hydrogen) atoms. The van der Waals surface area contributed by atoms with Gasteiger partial charge in [0, 0.05) is 21.8 Å². The van der Waals surface area contributed by atoms with Crippen molar-refractivity contribution in [1.29, 1.82) is 0 Å². The fourth-order valence-electron chi connectivity index (χ4n) is 3.32. The topological polar surface area (TPSA) is 46.2 Å². The Kier molecular flexibility index (Phi) is 4.20. The van der Waals surface area contributed by atoms with Crippen LogP contribution in [0.5, 0.6) is 0 Å². The Balaban J connectivity index is 1.67. The molecule has 0 radical (unpaired) electrons. The molecule has 3 nitrogen and oxygen atoms in total. The summed E-state index contributed by atoms with van der Waals surface area (Å²) in [6, 6.07) is 2.74. The minimum atomic E-state index is -2.82. The van der Waals surface area contributed by atoms with Crippen LogP contribution in [0.15, 0.2) is 6.07 Å².